The molecule has 0 nitrogen and oxygen atoms in total. The average molecular weight is 795 g/mol. The van der Waals surface area contributed by atoms with Gasteiger partial charge in [0, 0.05) is 31.0 Å². The van der Waals surface area contributed by atoms with E-state index in [2.05, 4.69) is 210 Å². The molecule has 1 heteroatoms. The number of hydrogen-bond acceptors (Lipinski definition) is 1. The van der Waals surface area contributed by atoms with Crippen molar-refractivity contribution in [2.75, 3.05) is 0 Å². The Hall–Kier alpha value is -6.80. The van der Waals surface area contributed by atoms with Gasteiger partial charge in [0.05, 0.1) is 0 Å². The number of hydrogen-bond donors (Lipinski definition) is 0. The van der Waals surface area contributed by atoms with Crippen molar-refractivity contribution in [3.8, 4) is 55.6 Å². The summed E-state index contributed by atoms with van der Waals surface area (Å²) >= 11 is 1.90. The van der Waals surface area contributed by atoms with Gasteiger partial charge in [0.1, 0.15) is 0 Å². The van der Waals surface area contributed by atoms with Crippen LogP contribution in [-0.4, -0.2) is 0 Å². The van der Waals surface area contributed by atoms with E-state index in [-0.39, 0.29) is 10.8 Å². The lowest BCUT2D eigenvalue weighted by atomic mass is 9.79. The monoisotopic (exact) mass is 794 g/mol. The first-order chi connectivity index (χ1) is 29.8. The molecule has 2 aliphatic carbocycles. The fraction of sp³-hybridized carbons (Fsp3) is 0.100. The number of fused-ring (bicyclic) bond motifs is 13. The van der Waals surface area contributed by atoms with Gasteiger partial charge in [-0.05, 0) is 147 Å². The predicted molar refractivity (Wildman–Crippen MR) is 263 cm³/mol. The van der Waals surface area contributed by atoms with Gasteiger partial charge in [-0.15, -0.1) is 11.3 Å². The van der Waals surface area contributed by atoms with Crippen LogP contribution in [0.25, 0.3) is 108 Å². The molecule has 13 rings (SSSR count). The van der Waals surface area contributed by atoms with Gasteiger partial charge in [0.15, 0.2) is 0 Å². The van der Waals surface area contributed by atoms with Crippen molar-refractivity contribution in [1.29, 1.82) is 0 Å². The average Bonchev–Trinajstić information content (AvgIpc) is 3.85. The third kappa shape index (κ3) is 4.81. The summed E-state index contributed by atoms with van der Waals surface area (Å²) < 4.78 is 2.72. The first kappa shape index (κ1) is 35.0. The third-order valence-corrected chi connectivity index (χ3v) is 15.6. The second-order valence-corrected chi connectivity index (χ2v) is 19.5. The Morgan fingerprint density at radius 1 is 0.311 bits per heavy atom. The maximum atomic E-state index is 2.50. The summed E-state index contributed by atoms with van der Waals surface area (Å²) in [5, 5.41) is 10.6. The molecule has 1 aromatic heterocycles. The van der Waals surface area contributed by atoms with Crippen LogP contribution in [0, 0.1) is 0 Å². The standard InChI is InChI=1S/C60H42S/c1-59(2)52-31-37(36-25-29-51-49(30-36)47-28-23-38-33-55-50(34-48(38)58(47)60(51,3)4)42-16-12-13-21-54(42)61-55)22-26-40(52)41-27-24-39(32-53(41)59)57-45-19-10-8-17-43(45)56(35-14-6-5-7-15-35)44-18-9-11-20-46(44)57/h5-34H,1-4H3. The second kappa shape index (κ2) is 12.4. The van der Waals surface area contributed by atoms with E-state index in [1.165, 1.54) is 130 Å². The summed E-state index contributed by atoms with van der Waals surface area (Å²) in [6.07, 6.45) is 0. The molecule has 11 aromatic rings. The summed E-state index contributed by atoms with van der Waals surface area (Å²) in [7, 11) is 0. The Bertz CT molecular complexity index is 3630. The highest BCUT2D eigenvalue weighted by atomic mass is 32.1. The minimum atomic E-state index is -0.173. The summed E-state index contributed by atoms with van der Waals surface area (Å²) in [5.74, 6) is 0. The van der Waals surface area contributed by atoms with Crippen molar-refractivity contribution in [2.45, 2.75) is 38.5 Å². The highest BCUT2D eigenvalue weighted by Crippen LogP contribution is 2.55. The molecule has 2 aliphatic rings. The molecule has 288 valence electrons. The molecule has 0 amide bonds. The lowest BCUT2D eigenvalue weighted by Crippen LogP contribution is -2.15. The van der Waals surface area contributed by atoms with E-state index in [1.54, 1.807) is 0 Å². The minimum absolute atomic E-state index is 0.111. The molecule has 0 saturated carbocycles. The smallest absolute Gasteiger partial charge is 0.0361 e. The maximum absolute atomic E-state index is 2.50. The van der Waals surface area contributed by atoms with Crippen molar-refractivity contribution < 1.29 is 0 Å². The molecule has 0 radical (unpaired) electrons. The second-order valence-electron chi connectivity index (χ2n) is 18.4. The van der Waals surface area contributed by atoms with E-state index in [4.69, 9.17) is 0 Å². The highest BCUT2D eigenvalue weighted by Gasteiger charge is 2.39. The van der Waals surface area contributed by atoms with E-state index in [9.17, 15) is 0 Å². The molecular weight excluding hydrogens is 753 g/mol. The van der Waals surface area contributed by atoms with Crippen molar-refractivity contribution in [1.82, 2.24) is 0 Å². The Kier molecular flexibility index (Phi) is 7.11. The fourth-order valence-electron chi connectivity index (χ4n) is 11.5. The SMILES string of the molecule is CC1(C)c2cc(-c3ccc4c(c3)-c3ccc5cc6sc7ccccc7c6cc5c3C4(C)C)ccc2-c2ccc(-c3c4ccccc4c(-c4ccccc4)c4ccccc34)cc21. The lowest BCUT2D eigenvalue weighted by molar-refractivity contribution is 0.661. The fourth-order valence-corrected chi connectivity index (χ4v) is 12.6. The minimum Gasteiger partial charge on any atom is -0.135 e. The molecule has 61 heavy (non-hydrogen) atoms. The molecule has 0 atom stereocenters. The zero-order chi connectivity index (χ0) is 40.8. The zero-order valence-corrected chi connectivity index (χ0v) is 35.5. The van der Waals surface area contributed by atoms with Gasteiger partial charge in [-0.3, -0.25) is 0 Å². The molecule has 0 spiro atoms. The Balaban J connectivity index is 0.921. The summed E-state index contributed by atoms with van der Waals surface area (Å²) in [4.78, 5) is 0. The van der Waals surface area contributed by atoms with Crippen LogP contribution in [0.5, 0.6) is 0 Å². The molecule has 0 N–H and O–H groups in total. The van der Waals surface area contributed by atoms with E-state index in [0.717, 1.165) is 0 Å². The van der Waals surface area contributed by atoms with Crippen LogP contribution in [0.2, 0.25) is 0 Å². The molecule has 0 unspecified atom stereocenters. The molecule has 0 bridgehead atoms. The molecule has 0 aliphatic heterocycles. The van der Waals surface area contributed by atoms with Crippen molar-refractivity contribution >= 4 is 63.8 Å². The topological polar surface area (TPSA) is 0 Å². The van der Waals surface area contributed by atoms with Gasteiger partial charge in [0.2, 0.25) is 0 Å². The van der Waals surface area contributed by atoms with Crippen molar-refractivity contribution in [3.63, 3.8) is 0 Å². The van der Waals surface area contributed by atoms with E-state index in [1.807, 2.05) is 11.3 Å². The maximum Gasteiger partial charge on any atom is 0.0361 e. The van der Waals surface area contributed by atoms with Crippen molar-refractivity contribution in [3.05, 3.63) is 204 Å². The largest absolute Gasteiger partial charge is 0.135 e. The number of benzene rings is 10. The number of rotatable bonds is 3. The van der Waals surface area contributed by atoms with Crippen LogP contribution in [0.1, 0.15) is 49.9 Å². The first-order valence-corrected chi connectivity index (χ1v) is 22.4. The Morgan fingerprint density at radius 3 is 1.54 bits per heavy atom. The van der Waals surface area contributed by atoms with Crippen LogP contribution >= 0.6 is 11.3 Å². The Labute approximate surface area is 360 Å². The highest BCUT2D eigenvalue weighted by molar-refractivity contribution is 7.25. The zero-order valence-electron chi connectivity index (χ0n) is 34.7. The van der Waals surface area contributed by atoms with E-state index in [0.29, 0.717) is 0 Å². The van der Waals surface area contributed by atoms with E-state index >= 15 is 0 Å². The van der Waals surface area contributed by atoms with Crippen molar-refractivity contribution in [2.24, 2.45) is 0 Å². The molecule has 0 fully saturated rings. The molecular formula is C60H42S. The van der Waals surface area contributed by atoms with Gasteiger partial charge in [-0.25, -0.2) is 0 Å². The van der Waals surface area contributed by atoms with Crippen LogP contribution in [0.15, 0.2) is 182 Å². The molecule has 10 aromatic carbocycles. The van der Waals surface area contributed by atoms with Gasteiger partial charge >= 0.3 is 0 Å². The molecule has 0 saturated heterocycles. The van der Waals surface area contributed by atoms with Crippen LogP contribution in [-0.2, 0) is 10.8 Å². The normalized spacial score (nSPS) is 14.5. The van der Waals surface area contributed by atoms with E-state index < -0.39 is 0 Å². The summed E-state index contributed by atoms with van der Waals surface area (Å²) in [6.45, 7) is 9.67. The van der Waals surface area contributed by atoms with Gasteiger partial charge in [0.25, 0.3) is 0 Å². The van der Waals surface area contributed by atoms with Gasteiger partial charge in [-0.1, -0.05) is 173 Å². The number of thiophene rings is 1. The molecule has 1 heterocycles. The van der Waals surface area contributed by atoms with Gasteiger partial charge in [-0.2, -0.15) is 0 Å². The van der Waals surface area contributed by atoms with Gasteiger partial charge < -0.3 is 0 Å². The third-order valence-electron chi connectivity index (χ3n) is 14.4. The summed E-state index contributed by atoms with van der Waals surface area (Å²) in [5.41, 5.74) is 18.5. The van der Waals surface area contributed by atoms with Crippen LogP contribution in [0.3, 0.4) is 0 Å². The summed E-state index contributed by atoms with van der Waals surface area (Å²) in [6, 6.07) is 69.0. The lowest BCUT2D eigenvalue weighted by Gasteiger charge is -2.24. The predicted octanol–water partition coefficient (Wildman–Crippen LogP) is 17.1. The first-order valence-electron chi connectivity index (χ1n) is 21.6. The quantitative estimate of drug-likeness (QED) is 0.156. The van der Waals surface area contributed by atoms with Crippen LogP contribution in [0.4, 0.5) is 0 Å². The van der Waals surface area contributed by atoms with Crippen LogP contribution < -0.4 is 0 Å². The Morgan fingerprint density at radius 2 is 0.852 bits per heavy atom.